The van der Waals surface area contributed by atoms with Crippen molar-refractivity contribution in [2.45, 2.75) is 18.9 Å². The van der Waals surface area contributed by atoms with Crippen molar-refractivity contribution < 1.29 is 8.78 Å². The van der Waals surface area contributed by atoms with Gasteiger partial charge in [0.15, 0.2) is 0 Å². The van der Waals surface area contributed by atoms with Gasteiger partial charge in [-0.25, -0.2) is 8.78 Å². The summed E-state index contributed by atoms with van der Waals surface area (Å²) in [5, 5.41) is 0. The molecule has 0 amide bonds. The smallest absolute Gasteiger partial charge is 0.130 e. The van der Waals surface area contributed by atoms with Crippen LogP contribution in [0, 0.1) is 17.6 Å². The third-order valence-corrected chi connectivity index (χ3v) is 4.50. The van der Waals surface area contributed by atoms with Crippen molar-refractivity contribution in [2.24, 2.45) is 11.7 Å². The van der Waals surface area contributed by atoms with Crippen molar-refractivity contribution >= 4 is 0 Å². The molecule has 0 bridgehead atoms. The van der Waals surface area contributed by atoms with Crippen LogP contribution >= 0.6 is 0 Å². The Morgan fingerprint density at radius 1 is 1.10 bits per heavy atom. The van der Waals surface area contributed by atoms with Gasteiger partial charge in [0.2, 0.25) is 0 Å². The second kappa shape index (κ2) is 6.38. The molecule has 3 rings (SSSR count). The first-order chi connectivity index (χ1) is 10.1. The van der Waals surface area contributed by atoms with E-state index in [1.807, 2.05) is 0 Å². The Morgan fingerprint density at radius 2 is 1.76 bits per heavy atom. The largest absolute Gasteiger partial charge is 0.323 e. The van der Waals surface area contributed by atoms with Gasteiger partial charge in [-0.1, -0.05) is 6.07 Å². The number of benzene rings is 1. The minimum atomic E-state index is -0.558. The van der Waals surface area contributed by atoms with Gasteiger partial charge in [-0.2, -0.15) is 0 Å². The van der Waals surface area contributed by atoms with Crippen LogP contribution in [0.25, 0.3) is 0 Å². The molecule has 0 radical (unpaired) electrons. The van der Waals surface area contributed by atoms with Crippen LogP contribution in [0.1, 0.15) is 24.4 Å². The monoisotopic (exact) mass is 295 g/mol. The topological polar surface area (TPSA) is 32.5 Å². The minimum Gasteiger partial charge on any atom is -0.323 e. The van der Waals surface area contributed by atoms with Crippen molar-refractivity contribution in [1.29, 1.82) is 0 Å². The van der Waals surface area contributed by atoms with Gasteiger partial charge in [0.1, 0.15) is 11.6 Å². The summed E-state index contributed by atoms with van der Waals surface area (Å²) < 4.78 is 26.6. The first kappa shape index (κ1) is 14.9. The molecule has 1 aliphatic heterocycles. The molecule has 1 heterocycles. The summed E-state index contributed by atoms with van der Waals surface area (Å²) in [6, 6.07) is 3.23. The van der Waals surface area contributed by atoms with Gasteiger partial charge in [0, 0.05) is 56.9 Å². The first-order valence-corrected chi connectivity index (χ1v) is 7.77. The van der Waals surface area contributed by atoms with Gasteiger partial charge in [0.05, 0.1) is 0 Å². The van der Waals surface area contributed by atoms with E-state index in [-0.39, 0.29) is 0 Å². The van der Waals surface area contributed by atoms with Crippen molar-refractivity contribution in [2.75, 3.05) is 39.3 Å². The predicted octanol–water partition coefficient (Wildman–Crippen LogP) is 1.99. The highest BCUT2D eigenvalue weighted by Crippen LogP contribution is 2.30. The van der Waals surface area contributed by atoms with Gasteiger partial charge in [0.25, 0.3) is 0 Å². The van der Waals surface area contributed by atoms with Gasteiger partial charge in [-0.05, 0) is 24.8 Å². The van der Waals surface area contributed by atoms with E-state index in [0.717, 1.165) is 38.2 Å². The molecule has 0 spiro atoms. The number of rotatable bonds is 5. The fourth-order valence-electron chi connectivity index (χ4n) is 3.00. The zero-order valence-electron chi connectivity index (χ0n) is 12.3. The first-order valence-electron chi connectivity index (χ1n) is 7.77. The predicted molar refractivity (Wildman–Crippen MR) is 78.9 cm³/mol. The maximum absolute atomic E-state index is 13.7. The third kappa shape index (κ3) is 3.99. The third-order valence-electron chi connectivity index (χ3n) is 4.50. The van der Waals surface area contributed by atoms with Crippen LogP contribution in [0.5, 0.6) is 0 Å². The number of nitrogens with two attached hydrogens (primary N) is 1. The second-order valence-corrected chi connectivity index (χ2v) is 6.32. The minimum absolute atomic E-state index is 0.400. The lowest BCUT2D eigenvalue weighted by molar-refractivity contribution is 0.123. The summed E-state index contributed by atoms with van der Waals surface area (Å²) in [4.78, 5) is 4.79. The van der Waals surface area contributed by atoms with Gasteiger partial charge >= 0.3 is 0 Å². The molecule has 1 saturated carbocycles. The van der Waals surface area contributed by atoms with Crippen molar-refractivity contribution in [1.82, 2.24) is 9.80 Å². The number of hydrogen-bond donors (Lipinski definition) is 1. The van der Waals surface area contributed by atoms with Crippen LogP contribution < -0.4 is 5.73 Å². The fraction of sp³-hybridized carbons (Fsp3) is 0.625. The maximum Gasteiger partial charge on any atom is 0.130 e. The summed E-state index contributed by atoms with van der Waals surface area (Å²) in [5.41, 5.74) is 6.48. The molecule has 116 valence electrons. The molecule has 1 unspecified atom stereocenters. The molecule has 1 aromatic carbocycles. The molecule has 2 fully saturated rings. The van der Waals surface area contributed by atoms with Crippen LogP contribution in [-0.4, -0.2) is 49.1 Å². The van der Waals surface area contributed by atoms with E-state index in [2.05, 4.69) is 9.80 Å². The molecule has 0 aromatic heterocycles. The van der Waals surface area contributed by atoms with E-state index < -0.39 is 17.7 Å². The van der Waals surface area contributed by atoms with Crippen LogP contribution in [0.4, 0.5) is 8.78 Å². The number of hydrogen-bond acceptors (Lipinski definition) is 3. The Bertz CT molecular complexity index is 482. The summed E-state index contributed by atoms with van der Waals surface area (Å²) >= 11 is 0. The molecular weight excluding hydrogens is 272 g/mol. The lowest BCUT2D eigenvalue weighted by atomic mass is 10.1. The van der Waals surface area contributed by atoms with E-state index >= 15 is 0 Å². The average molecular weight is 295 g/mol. The van der Waals surface area contributed by atoms with Crippen LogP contribution in [-0.2, 0) is 0 Å². The average Bonchev–Trinajstić information content (AvgIpc) is 3.25. The maximum atomic E-state index is 13.7. The highest BCUT2D eigenvalue weighted by atomic mass is 19.1. The van der Waals surface area contributed by atoms with Crippen LogP contribution in [0.3, 0.4) is 0 Å². The van der Waals surface area contributed by atoms with Crippen LogP contribution in [0.15, 0.2) is 18.2 Å². The summed E-state index contributed by atoms with van der Waals surface area (Å²) in [6.45, 7) is 5.93. The van der Waals surface area contributed by atoms with Crippen molar-refractivity contribution in [3.05, 3.63) is 35.4 Å². The zero-order chi connectivity index (χ0) is 14.8. The molecular formula is C16H23F2N3. The van der Waals surface area contributed by atoms with E-state index in [1.54, 1.807) is 0 Å². The van der Waals surface area contributed by atoms with E-state index in [1.165, 1.54) is 31.5 Å². The molecule has 1 aromatic rings. The molecule has 1 atom stereocenters. The molecule has 2 aliphatic rings. The Hall–Kier alpha value is -1.04. The van der Waals surface area contributed by atoms with Gasteiger partial charge < -0.3 is 10.6 Å². The summed E-state index contributed by atoms with van der Waals surface area (Å²) in [5.74, 6) is -0.181. The Morgan fingerprint density at radius 3 is 2.38 bits per heavy atom. The Kier molecular flexibility index (Phi) is 4.52. The Labute approximate surface area is 124 Å². The zero-order valence-corrected chi connectivity index (χ0v) is 12.3. The lowest BCUT2D eigenvalue weighted by Crippen LogP contribution is -2.48. The van der Waals surface area contributed by atoms with Crippen LogP contribution in [0.2, 0.25) is 0 Å². The van der Waals surface area contributed by atoms with Gasteiger partial charge in [-0.15, -0.1) is 0 Å². The lowest BCUT2D eigenvalue weighted by Gasteiger charge is -2.36. The molecule has 1 saturated heterocycles. The standard InChI is InChI=1S/C16H23F2N3/c17-13-3-4-14(15(18)9-13)16(19)11-21-7-5-20(6-8-21)10-12-1-2-12/h3-4,9,12,16H,1-2,5-8,10-11,19H2. The van der Waals surface area contributed by atoms with Crippen molar-refractivity contribution in [3.63, 3.8) is 0 Å². The van der Waals surface area contributed by atoms with Crippen molar-refractivity contribution in [3.8, 4) is 0 Å². The summed E-state index contributed by atoms with van der Waals surface area (Å²) in [7, 11) is 0. The fourth-order valence-corrected chi connectivity index (χ4v) is 3.00. The Balaban J connectivity index is 1.49. The second-order valence-electron chi connectivity index (χ2n) is 6.32. The number of halogens is 2. The normalized spacial score (nSPS) is 22.4. The van der Waals surface area contributed by atoms with Gasteiger partial charge in [-0.3, -0.25) is 4.90 Å². The number of nitrogens with zero attached hydrogens (tertiary/aromatic N) is 2. The SMILES string of the molecule is NC(CN1CCN(CC2CC2)CC1)c1ccc(F)cc1F. The quantitative estimate of drug-likeness (QED) is 0.902. The molecule has 5 heteroatoms. The van der Waals surface area contributed by atoms with E-state index in [9.17, 15) is 8.78 Å². The van der Waals surface area contributed by atoms with E-state index in [4.69, 9.17) is 5.73 Å². The summed E-state index contributed by atoms with van der Waals surface area (Å²) in [6.07, 6.45) is 2.77. The van der Waals surface area contributed by atoms with E-state index in [0.29, 0.717) is 12.1 Å². The highest BCUT2D eigenvalue weighted by molar-refractivity contribution is 5.22. The highest BCUT2D eigenvalue weighted by Gasteiger charge is 2.27. The molecule has 1 aliphatic carbocycles. The molecule has 3 nitrogen and oxygen atoms in total. The number of piperazine rings is 1. The molecule has 21 heavy (non-hydrogen) atoms. The molecule has 2 N–H and O–H groups in total.